The van der Waals surface area contributed by atoms with E-state index in [-0.39, 0.29) is 17.9 Å². The van der Waals surface area contributed by atoms with Gasteiger partial charge >= 0.3 is 5.97 Å². The third-order valence-electron chi connectivity index (χ3n) is 4.70. The molecule has 0 fully saturated rings. The Kier molecular flexibility index (Phi) is 4.50. The average Bonchev–Trinajstić information content (AvgIpc) is 3.17. The Balaban J connectivity index is 1.51. The molecule has 3 heterocycles. The number of ether oxygens (including phenoxy) is 1. The summed E-state index contributed by atoms with van der Waals surface area (Å²) in [7, 11) is 1.29. The molecule has 4 rings (SSSR count). The van der Waals surface area contributed by atoms with Gasteiger partial charge in [-0.2, -0.15) is 5.10 Å². The molecule has 0 bridgehead atoms. The zero-order chi connectivity index (χ0) is 18.8. The molecule has 0 aliphatic carbocycles. The molecular formula is C20H19N3O4. The van der Waals surface area contributed by atoms with Crippen molar-refractivity contribution in [1.82, 2.24) is 9.78 Å². The average molecular weight is 365 g/mol. The van der Waals surface area contributed by atoms with Gasteiger partial charge in [0.1, 0.15) is 12.3 Å². The van der Waals surface area contributed by atoms with Gasteiger partial charge in [0.25, 0.3) is 5.56 Å². The van der Waals surface area contributed by atoms with E-state index in [9.17, 15) is 9.59 Å². The minimum Gasteiger partial charge on any atom is -0.463 e. The Labute approximate surface area is 155 Å². The van der Waals surface area contributed by atoms with Crippen LogP contribution in [0.2, 0.25) is 0 Å². The molecule has 2 aromatic heterocycles. The van der Waals surface area contributed by atoms with Crippen molar-refractivity contribution in [3.05, 3.63) is 81.7 Å². The molecule has 0 amide bonds. The molecule has 0 N–H and O–H groups in total. The summed E-state index contributed by atoms with van der Waals surface area (Å²) in [5, 5.41) is 4.27. The van der Waals surface area contributed by atoms with Crippen LogP contribution in [0, 0.1) is 0 Å². The molecule has 0 spiro atoms. The van der Waals surface area contributed by atoms with Gasteiger partial charge < -0.3 is 14.1 Å². The number of methoxy groups -OCH3 is 1. The summed E-state index contributed by atoms with van der Waals surface area (Å²) >= 11 is 0. The Bertz CT molecular complexity index is 1040. The summed E-state index contributed by atoms with van der Waals surface area (Å²) in [6.45, 7) is 1.77. The summed E-state index contributed by atoms with van der Waals surface area (Å²) in [5.41, 5.74) is 3.22. The molecule has 1 aliphatic rings. The van der Waals surface area contributed by atoms with Crippen molar-refractivity contribution < 1.29 is 13.9 Å². The van der Waals surface area contributed by atoms with E-state index in [1.165, 1.54) is 29.0 Å². The molecule has 1 aromatic carbocycles. The molecule has 0 atom stereocenters. The lowest BCUT2D eigenvalue weighted by atomic mass is 10.00. The number of hydrogen-bond acceptors (Lipinski definition) is 6. The number of benzene rings is 1. The Morgan fingerprint density at radius 3 is 2.81 bits per heavy atom. The second-order valence-corrected chi connectivity index (χ2v) is 6.41. The molecular weight excluding hydrogens is 346 g/mol. The minimum absolute atomic E-state index is 0.101. The van der Waals surface area contributed by atoms with Crippen molar-refractivity contribution in [2.45, 2.75) is 19.5 Å². The zero-order valence-electron chi connectivity index (χ0n) is 14.9. The second kappa shape index (κ2) is 7.11. The lowest BCUT2D eigenvalue weighted by Gasteiger charge is -2.30. The van der Waals surface area contributed by atoms with Gasteiger partial charge in [0, 0.05) is 19.2 Å². The first-order valence-electron chi connectivity index (χ1n) is 8.70. The second-order valence-electron chi connectivity index (χ2n) is 6.41. The maximum atomic E-state index is 12.5. The van der Waals surface area contributed by atoms with Crippen LogP contribution >= 0.6 is 0 Å². The number of carbonyl (C=O) groups is 1. The van der Waals surface area contributed by atoms with Crippen LogP contribution in [0.1, 0.15) is 27.4 Å². The SMILES string of the molecule is COC(=O)c1ccc(Cn2ncc(N3CCc4ccccc4C3)cc2=O)o1. The van der Waals surface area contributed by atoms with Crippen LogP contribution in [0.3, 0.4) is 0 Å². The third kappa shape index (κ3) is 3.48. The van der Waals surface area contributed by atoms with Crippen molar-refractivity contribution >= 4 is 11.7 Å². The smallest absolute Gasteiger partial charge is 0.373 e. The number of esters is 1. The van der Waals surface area contributed by atoms with Crippen LogP contribution < -0.4 is 10.5 Å². The molecule has 1 aliphatic heterocycles. The van der Waals surface area contributed by atoms with Crippen LogP contribution in [0.5, 0.6) is 0 Å². The molecule has 138 valence electrons. The summed E-state index contributed by atoms with van der Waals surface area (Å²) in [6, 6.07) is 13.1. The van der Waals surface area contributed by atoms with Crippen LogP contribution in [0.15, 0.2) is 57.9 Å². The standard InChI is InChI=1S/C20H19N3O4/c1-26-20(25)18-7-6-17(27-18)13-23-19(24)10-16(11-21-23)22-9-8-14-4-2-3-5-15(14)12-22/h2-7,10-11H,8-9,12-13H2,1H3. The van der Waals surface area contributed by atoms with E-state index in [2.05, 4.69) is 32.9 Å². The van der Waals surface area contributed by atoms with Crippen LogP contribution in [0.25, 0.3) is 0 Å². The third-order valence-corrected chi connectivity index (χ3v) is 4.70. The van der Waals surface area contributed by atoms with Gasteiger partial charge in [-0.15, -0.1) is 0 Å². The maximum absolute atomic E-state index is 12.5. The highest BCUT2D eigenvalue weighted by Crippen LogP contribution is 2.22. The van der Waals surface area contributed by atoms with Gasteiger partial charge in [-0.25, -0.2) is 9.48 Å². The Morgan fingerprint density at radius 2 is 2.04 bits per heavy atom. The normalized spacial score (nSPS) is 13.3. The molecule has 7 nitrogen and oxygen atoms in total. The van der Waals surface area contributed by atoms with Gasteiger partial charge in [0.15, 0.2) is 0 Å². The Morgan fingerprint density at radius 1 is 1.22 bits per heavy atom. The zero-order valence-corrected chi connectivity index (χ0v) is 14.9. The lowest BCUT2D eigenvalue weighted by Crippen LogP contribution is -2.32. The molecule has 0 saturated heterocycles. The van der Waals surface area contributed by atoms with E-state index in [1.807, 2.05) is 6.07 Å². The minimum atomic E-state index is -0.553. The van der Waals surface area contributed by atoms with E-state index >= 15 is 0 Å². The van der Waals surface area contributed by atoms with Gasteiger partial charge in [0.2, 0.25) is 5.76 Å². The van der Waals surface area contributed by atoms with Gasteiger partial charge in [-0.3, -0.25) is 4.79 Å². The Hall–Kier alpha value is -3.35. The topological polar surface area (TPSA) is 77.6 Å². The van der Waals surface area contributed by atoms with E-state index in [0.717, 1.165) is 25.2 Å². The predicted molar refractivity (Wildman–Crippen MR) is 98.8 cm³/mol. The maximum Gasteiger partial charge on any atom is 0.373 e. The number of nitrogens with zero attached hydrogens (tertiary/aromatic N) is 3. The van der Waals surface area contributed by atoms with Crippen LogP contribution in [-0.2, 0) is 24.2 Å². The molecule has 7 heteroatoms. The van der Waals surface area contributed by atoms with E-state index in [0.29, 0.717) is 5.76 Å². The molecule has 27 heavy (non-hydrogen) atoms. The molecule has 0 unspecified atom stereocenters. The first-order chi connectivity index (χ1) is 13.1. The summed E-state index contributed by atoms with van der Waals surface area (Å²) in [6.07, 6.45) is 2.64. The van der Waals surface area contributed by atoms with Crippen molar-refractivity contribution in [3.63, 3.8) is 0 Å². The summed E-state index contributed by atoms with van der Waals surface area (Å²) in [5.74, 6) is 0.0103. The monoisotopic (exact) mass is 365 g/mol. The number of fused-ring (bicyclic) bond motifs is 1. The quantitative estimate of drug-likeness (QED) is 0.660. The number of rotatable bonds is 4. The number of furan rings is 1. The van der Waals surface area contributed by atoms with Crippen molar-refractivity contribution in [2.24, 2.45) is 0 Å². The highest BCUT2D eigenvalue weighted by Gasteiger charge is 2.17. The summed E-state index contributed by atoms with van der Waals surface area (Å²) < 4.78 is 11.3. The fourth-order valence-corrected chi connectivity index (χ4v) is 3.25. The number of carbonyl (C=O) groups excluding carboxylic acids is 1. The first-order valence-corrected chi connectivity index (χ1v) is 8.70. The molecule has 0 radical (unpaired) electrons. The van der Waals surface area contributed by atoms with Crippen molar-refractivity contribution in [3.8, 4) is 0 Å². The van der Waals surface area contributed by atoms with Crippen LogP contribution in [0.4, 0.5) is 5.69 Å². The highest BCUT2D eigenvalue weighted by atomic mass is 16.5. The van der Waals surface area contributed by atoms with Gasteiger partial charge in [-0.1, -0.05) is 24.3 Å². The van der Waals surface area contributed by atoms with Gasteiger partial charge in [-0.05, 0) is 29.7 Å². The predicted octanol–water partition coefficient (Wildman–Crippen LogP) is 2.23. The number of aromatic nitrogens is 2. The van der Waals surface area contributed by atoms with E-state index < -0.39 is 5.97 Å². The largest absolute Gasteiger partial charge is 0.463 e. The lowest BCUT2D eigenvalue weighted by molar-refractivity contribution is 0.0562. The summed E-state index contributed by atoms with van der Waals surface area (Å²) in [4.78, 5) is 26.1. The van der Waals surface area contributed by atoms with Crippen molar-refractivity contribution in [2.75, 3.05) is 18.6 Å². The number of hydrogen-bond donors (Lipinski definition) is 0. The van der Waals surface area contributed by atoms with Crippen LogP contribution in [-0.4, -0.2) is 29.4 Å². The number of anilines is 1. The van der Waals surface area contributed by atoms with Crippen molar-refractivity contribution in [1.29, 1.82) is 0 Å². The fraction of sp³-hybridized carbons (Fsp3) is 0.250. The fourth-order valence-electron chi connectivity index (χ4n) is 3.25. The molecule has 0 saturated carbocycles. The van der Waals surface area contributed by atoms with Gasteiger partial charge in [0.05, 0.1) is 19.0 Å². The first kappa shape index (κ1) is 17.1. The van der Waals surface area contributed by atoms with E-state index in [1.54, 1.807) is 18.3 Å². The highest BCUT2D eigenvalue weighted by molar-refractivity contribution is 5.86. The van der Waals surface area contributed by atoms with E-state index in [4.69, 9.17) is 4.42 Å². The molecule has 3 aromatic rings.